The van der Waals surface area contributed by atoms with Gasteiger partial charge in [0.1, 0.15) is 6.04 Å². The van der Waals surface area contributed by atoms with Gasteiger partial charge in [-0.05, 0) is 39.9 Å². The van der Waals surface area contributed by atoms with E-state index in [2.05, 4.69) is 45.3 Å². The predicted octanol–water partition coefficient (Wildman–Crippen LogP) is 5.26. The molecule has 0 saturated carbocycles. The number of hydrogen-bond donors (Lipinski definition) is 1. The lowest BCUT2D eigenvalue weighted by Gasteiger charge is -2.27. The van der Waals surface area contributed by atoms with Gasteiger partial charge < -0.3 is 5.11 Å². The number of benzene rings is 3. The van der Waals surface area contributed by atoms with Gasteiger partial charge in [-0.3, -0.25) is 9.63 Å². The summed E-state index contributed by atoms with van der Waals surface area (Å²) >= 11 is 3.37. The van der Waals surface area contributed by atoms with E-state index in [1.54, 1.807) is 24.3 Å². The van der Waals surface area contributed by atoms with Crippen molar-refractivity contribution < 1.29 is 19.5 Å². The Kier molecular flexibility index (Phi) is 6.28. The predicted molar refractivity (Wildman–Crippen MR) is 119 cm³/mol. The highest BCUT2D eigenvalue weighted by molar-refractivity contribution is 9.10. The molecule has 0 radical (unpaired) electrons. The Balaban J connectivity index is 1.63. The van der Waals surface area contributed by atoms with Crippen LogP contribution in [0.15, 0.2) is 82.4 Å². The number of hydrogen-bond acceptors (Lipinski definition) is 5. The summed E-state index contributed by atoms with van der Waals surface area (Å²) in [6.07, 6.45) is 1.20. The van der Waals surface area contributed by atoms with Gasteiger partial charge in [0, 0.05) is 10.4 Å². The number of aliphatic carboxylic acids is 1. The summed E-state index contributed by atoms with van der Waals surface area (Å²) in [6.45, 7) is 0.200. The average Bonchev–Trinajstić information content (AvgIpc) is 3.10. The normalized spacial score (nSPS) is 13.1. The second kappa shape index (κ2) is 9.27. The van der Waals surface area contributed by atoms with Crippen LogP contribution in [-0.2, 0) is 14.4 Å². The molecule has 0 fully saturated rings. The zero-order valence-electron chi connectivity index (χ0n) is 16.4. The van der Waals surface area contributed by atoms with E-state index in [-0.39, 0.29) is 18.9 Å². The summed E-state index contributed by atoms with van der Waals surface area (Å²) in [4.78, 5) is 28.6. The highest BCUT2D eigenvalue weighted by Gasteiger charge is 2.31. The molecule has 6 nitrogen and oxygen atoms in total. The fourth-order valence-corrected chi connectivity index (χ4v) is 4.26. The molecule has 1 aliphatic carbocycles. The van der Waals surface area contributed by atoms with Gasteiger partial charge in [-0.25, -0.2) is 4.79 Å². The molecule has 0 saturated heterocycles. The first-order chi connectivity index (χ1) is 15.1. The van der Waals surface area contributed by atoms with Gasteiger partial charge in [0.25, 0.3) is 6.08 Å². The van der Waals surface area contributed by atoms with Crippen LogP contribution in [0.2, 0.25) is 0 Å². The molecule has 4 rings (SSSR count). The topological polar surface area (TPSA) is 79.2 Å². The quantitative estimate of drug-likeness (QED) is 0.271. The SMILES string of the molecule is O=C=NN(OCC1c2ccccc2-c2ccccc21)C(CC(=O)O)c1ccc(Br)cc1. The van der Waals surface area contributed by atoms with Crippen LogP contribution in [0.5, 0.6) is 0 Å². The van der Waals surface area contributed by atoms with E-state index in [1.165, 1.54) is 6.08 Å². The maximum Gasteiger partial charge on any atom is 0.305 e. The van der Waals surface area contributed by atoms with Crippen molar-refractivity contribution in [1.82, 2.24) is 5.17 Å². The Morgan fingerprint density at radius 1 is 1.03 bits per heavy atom. The van der Waals surface area contributed by atoms with Crippen molar-refractivity contribution in [1.29, 1.82) is 0 Å². The maximum atomic E-state index is 11.5. The number of carbonyl (C=O) groups excluding carboxylic acids is 1. The summed E-state index contributed by atoms with van der Waals surface area (Å²) in [6, 6.07) is 22.6. The minimum Gasteiger partial charge on any atom is -0.481 e. The first-order valence-electron chi connectivity index (χ1n) is 9.74. The lowest BCUT2D eigenvalue weighted by Crippen LogP contribution is -2.28. The molecule has 1 unspecified atom stereocenters. The second-order valence-corrected chi connectivity index (χ2v) is 8.10. The van der Waals surface area contributed by atoms with Gasteiger partial charge in [0.15, 0.2) is 0 Å². The Morgan fingerprint density at radius 2 is 1.61 bits per heavy atom. The van der Waals surface area contributed by atoms with E-state index < -0.39 is 12.0 Å². The number of fused-ring (bicyclic) bond motifs is 3. The minimum atomic E-state index is -1.03. The molecular formula is C24H19BrN2O4. The Labute approximate surface area is 187 Å². The first kappa shape index (κ1) is 21.0. The molecule has 0 bridgehead atoms. The van der Waals surface area contributed by atoms with Crippen molar-refractivity contribution in [2.75, 3.05) is 6.61 Å². The van der Waals surface area contributed by atoms with Gasteiger partial charge in [-0.2, -0.15) is 5.17 Å². The molecule has 1 N–H and O–H groups in total. The Hall–Kier alpha value is -3.25. The molecule has 3 aromatic rings. The molecule has 0 heterocycles. The third kappa shape index (κ3) is 4.44. The highest BCUT2D eigenvalue weighted by atomic mass is 79.9. The van der Waals surface area contributed by atoms with Crippen LogP contribution >= 0.6 is 15.9 Å². The summed E-state index contributed by atoms with van der Waals surface area (Å²) in [7, 11) is 0. The third-order valence-electron chi connectivity index (χ3n) is 5.36. The number of carbonyl (C=O) groups is 1. The molecule has 0 spiro atoms. The van der Waals surface area contributed by atoms with E-state index >= 15 is 0 Å². The van der Waals surface area contributed by atoms with Crippen LogP contribution in [0.25, 0.3) is 11.1 Å². The number of halogens is 1. The van der Waals surface area contributed by atoms with Crippen LogP contribution in [-0.4, -0.2) is 28.9 Å². The third-order valence-corrected chi connectivity index (χ3v) is 5.89. The number of rotatable bonds is 8. The van der Waals surface area contributed by atoms with Gasteiger partial charge in [-0.15, -0.1) is 0 Å². The smallest absolute Gasteiger partial charge is 0.305 e. The van der Waals surface area contributed by atoms with Gasteiger partial charge in [0.05, 0.1) is 13.0 Å². The van der Waals surface area contributed by atoms with Crippen molar-refractivity contribution in [3.8, 4) is 11.1 Å². The van der Waals surface area contributed by atoms with E-state index in [4.69, 9.17) is 4.84 Å². The Morgan fingerprint density at radius 3 is 2.16 bits per heavy atom. The molecule has 31 heavy (non-hydrogen) atoms. The standard InChI is InChI=1S/C24H19BrN2O4/c25-17-11-9-16(10-12-17)23(13-24(29)30)27(26-15-28)31-14-22-20-7-3-1-5-18(20)19-6-2-4-8-21(19)22/h1-12,22-23H,13-14H2,(H,29,30). The molecule has 7 heteroatoms. The van der Waals surface area contributed by atoms with Gasteiger partial charge in [-0.1, -0.05) is 81.7 Å². The number of isocyanates is 1. The van der Waals surface area contributed by atoms with Crippen LogP contribution in [0.1, 0.15) is 35.1 Å². The number of carboxylic acid groups (broad SMARTS) is 1. The fraction of sp³-hybridized carbons (Fsp3) is 0.167. The lowest BCUT2D eigenvalue weighted by molar-refractivity contribution is -0.195. The number of hydroxylamine groups is 1. The van der Waals surface area contributed by atoms with Crippen LogP contribution in [0.4, 0.5) is 0 Å². The molecule has 156 valence electrons. The number of nitrogens with zero attached hydrogens (tertiary/aromatic N) is 2. The molecule has 3 aromatic carbocycles. The second-order valence-electron chi connectivity index (χ2n) is 7.18. The first-order valence-corrected chi connectivity index (χ1v) is 10.5. The van der Waals surface area contributed by atoms with E-state index in [0.717, 1.165) is 31.9 Å². The maximum absolute atomic E-state index is 11.5. The molecular weight excluding hydrogens is 460 g/mol. The summed E-state index contributed by atoms with van der Waals surface area (Å²) in [5.74, 6) is -1.09. The molecule has 0 aliphatic heterocycles. The summed E-state index contributed by atoms with van der Waals surface area (Å²) in [5.41, 5.74) is 5.20. The molecule has 1 atom stereocenters. The van der Waals surface area contributed by atoms with Crippen molar-refractivity contribution >= 4 is 28.0 Å². The number of carboxylic acids is 1. The average molecular weight is 479 g/mol. The monoisotopic (exact) mass is 478 g/mol. The molecule has 1 aliphatic rings. The molecule has 0 aromatic heterocycles. The van der Waals surface area contributed by atoms with Gasteiger partial charge in [0.2, 0.25) is 0 Å². The van der Waals surface area contributed by atoms with Crippen LogP contribution < -0.4 is 0 Å². The fourth-order valence-electron chi connectivity index (χ4n) is 3.99. The van der Waals surface area contributed by atoms with E-state index in [9.17, 15) is 14.7 Å². The zero-order chi connectivity index (χ0) is 21.8. The lowest BCUT2D eigenvalue weighted by atomic mass is 9.98. The van der Waals surface area contributed by atoms with Crippen molar-refractivity contribution in [3.05, 3.63) is 94.0 Å². The van der Waals surface area contributed by atoms with Crippen molar-refractivity contribution in [2.24, 2.45) is 5.10 Å². The minimum absolute atomic E-state index is 0.0628. The van der Waals surface area contributed by atoms with Crippen molar-refractivity contribution in [2.45, 2.75) is 18.4 Å². The summed E-state index contributed by atoms with van der Waals surface area (Å²) < 4.78 is 0.857. The largest absolute Gasteiger partial charge is 0.481 e. The highest BCUT2D eigenvalue weighted by Crippen LogP contribution is 2.44. The van der Waals surface area contributed by atoms with Gasteiger partial charge >= 0.3 is 5.97 Å². The Bertz CT molecular complexity index is 1100. The van der Waals surface area contributed by atoms with E-state index in [1.807, 2.05) is 24.3 Å². The number of hydrazone groups is 1. The zero-order valence-corrected chi connectivity index (χ0v) is 18.0. The summed E-state index contributed by atoms with van der Waals surface area (Å²) in [5, 5.41) is 14.2. The van der Waals surface area contributed by atoms with Crippen LogP contribution in [0, 0.1) is 0 Å². The molecule has 0 amide bonds. The van der Waals surface area contributed by atoms with Crippen LogP contribution in [0.3, 0.4) is 0 Å². The van der Waals surface area contributed by atoms with E-state index in [0.29, 0.717) is 5.56 Å². The van der Waals surface area contributed by atoms with Crippen molar-refractivity contribution in [3.63, 3.8) is 0 Å².